The molecule has 0 spiro atoms. The molecule has 76 valence electrons. The van der Waals surface area contributed by atoms with Crippen molar-refractivity contribution in [2.24, 2.45) is 5.73 Å². The van der Waals surface area contributed by atoms with Gasteiger partial charge < -0.3 is 10.3 Å². The highest BCUT2D eigenvalue weighted by atomic mass is 15.1. The van der Waals surface area contributed by atoms with Crippen molar-refractivity contribution >= 4 is 0 Å². The molecule has 3 rings (SSSR count). The fourth-order valence-electron chi connectivity index (χ4n) is 2.17. The van der Waals surface area contributed by atoms with Gasteiger partial charge in [-0.25, -0.2) is 4.98 Å². The molecule has 0 radical (unpaired) electrons. The lowest BCUT2D eigenvalue weighted by Crippen LogP contribution is -2.14. The van der Waals surface area contributed by atoms with E-state index in [9.17, 15) is 0 Å². The van der Waals surface area contributed by atoms with Crippen molar-refractivity contribution in [3.8, 4) is 0 Å². The topological polar surface area (TPSA) is 43.8 Å². The van der Waals surface area contributed by atoms with Gasteiger partial charge in [0.2, 0.25) is 0 Å². The lowest BCUT2D eigenvalue weighted by Gasteiger charge is -2.25. The van der Waals surface area contributed by atoms with E-state index < -0.39 is 0 Å². The van der Waals surface area contributed by atoms with Crippen molar-refractivity contribution in [2.45, 2.75) is 50.6 Å². The van der Waals surface area contributed by atoms with E-state index in [2.05, 4.69) is 15.7 Å². The molecule has 0 saturated heterocycles. The van der Waals surface area contributed by atoms with Gasteiger partial charge in [-0.1, -0.05) is 6.42 Å². The Labute approximate surface area is 84.3 Å². The summed E-state index contributed by atoms with van der Waals surface area (Å²) in [6.45, 7) is 0.583. The van der Waals surface area contributed by atoms with Crippen LogP contribution in [0.4, 0.5) is 0 Å². The Balaban J connectivity index is 1.93. The van der Waals surface area contributed by atoms with Crippen LogP contribution < -0.4 is 5.73 Å². The van der Waals surface area contributed by atoms with Crippen LogP contribution in [0.15, 0.2) is 6.20 Å². The van der Waals surface area contributed by atoms with Crippen LogP contribution in [0.2, 0.25) is 0 Å². The summed E-state index contributed by atoms with van der Waals surface area (Å²) in [5, 5.41) is 0. The van der Waals surface area contributed by atoms with Gasteiger partial charge in [0.15, 0.2) is 0 Å². The summed E-state index contributed by atoms with van der Waals surface area (Å²) < 4.78 is 2.39. The summed E-state index contributed by atoms with van der Waals surface area (Å²) in [5.41, 5.74) is 6.70. The smallest absolute Gasteiger partial charge is 0.112 e. The first-order valence-electron chi connectivity index (χ1n) is 5.66. The van der Waals surface area contributed by atoms with Crippen LogP contribution in [0.25, 0.3) is 0 Å². The molecule has 2 N–H and O–H groups in total. The Morgan fingerprint density at radius 1 is 1.36 bits per heavy atom. The van der Waals surface area contributed by atoms with Gasteiger partial charge in [0.25, 0.3) is 0 Å². The highest BCUT2D eigenvalue weighted by molar-refractivity contribution is 5.13. The highest BCUT2D eigenvalue weighted by Gasteiger charge is 2.31. The molecule has 1 aromatic rings. The maximum Gasteiger partial charge on any atom is 0.112 e. The molecule has 0 aromatic carbocycles. The molecule has 0 atom stereocenters. The average molecular weight is 191 g/mol. The van der Waals surface area contributed by atoms with Crippen LogP contribution in [-0.4, -0.2) is 9.55 Å². The predicted molar refractivity (Wildman–Crippen MR) is 55.0 cm³/mol. The van der Waals surface area contributed by atoms with Gasteiger partial charge in [-0.05, 0) is 25.7 Å². The van der Waals surface area contributed by atoms with Gasteiger partial charge in [-0.15, -0.1) is 0 Å². The van der Waals surface area contributed by atoms with E-state index in [1.807, 2.05) is 0 Å². The molecule has 14 heavy (non-hydrogen) atoms. The zero-order valence-electron chi connectivity index (χ0n) is 8.45. The minimum atomic E-state index is 0.583. The summed E-state index contributed by atoms with van der Waals surface area (Å²) in [6, 6.07) is 0.749. The van der Waals surface area contributed by atoms with Crippen molar-refractivity contribution in [3.63, 3.8) is 0 Å². The Bertz CT molecular complexity index is 334. The standard InChI is InChI=1S/C11H17N3/c12-6-9-7-14(10-4-5-10)11(13-9)8-2-1-3-8/h7-8,10H,1-6,12H2. The lowest BCUT2D eigenvalue weighted by atomic mass is 9.85. The quantitative estimate of drug-likeness (QED) is 0.793. The van der Waals surface area contributed by atoms with E-state index in [0.717, 1.165) is 17.7 Å². The number of rotatable bonds is 3. The van der Waals surface area contributed by atoms with Crippen LogP contribution in [0.3, 0.4) is 0 Å². The Morgan fingerprint density at radius 3 is 2.64 bits per heavy atom. The van der Waals surface area contributed by atoms with E-state index in [1.54, 1.807) is 0 Å². The molecule has 2 aliphatic carbocycles. The van der Waals surface area contributed by atoms with Crippen LogP contribution in [0.1, 0.15) is 55.6 Å². The van der Waals surface area contributed by atoms with Crippen molar-refractivity contribution in [2.75, 3.05) is 0 Å². The summed E-state index contributed by atoms with van der Waals surface area (Å²) in [6.07, 6.45) is 8.87. The maximum absolute atomic E-state index is 5.64. The second-order valence-corrected chi connectivity index (χ2v) is 4.56. The molecule has 1 heterocycles. The van der Waals surface area contributed by atoms with Gasteiger partial charge in [0.05, 0.1) is 5.69 Å². The lowest BCUT2D eigenvalue weighted by molar-refractivity contribution is 0.387. The van der Waals surface area contributed by atoms with Crippen molar-refractivity contribution in [3.05, 3.63) is 17.7 Å². The minimum absolute atomic E-state index is 0.583. The number of imidazole rings is 1. The normalized spacial score (nSPS) is 22.4. The minimum Gasteiger partial charge on any atom is -0.331 e. The molecule has 3 nitrogen and oxygen atoms in total. The molecule has 0 unspecified atom stereocenters. The highest BCUT2D eigenvalue weighted by Crippen LogP contribution is 2.42. The van der Waals surface area contributed by atoms with E-state index in [-0.39, 0.29) is 0 Å². The molecule has 0 aliphatic heterocycles. The van der Waals surface area contributed by atoms with Crippen LogP contribution >= 0.6 is 0 Å². The van der Waals surface area contributed by atoms with E-state index in [1.165, 1.54) is 37.9 Å². The first-order valence-corrected chi connectivity index (χ1v) is 5.66. The Morgan fingerprint density at radius 2 is 2.14 bits per heavy atom. The number of hydrogen-bond acceptors (Lipinski definition) is 2. The first-order chi connectivity index (χ1) is 6.88. The second-order valence-electron chi connectivity index (χ2n) is 4.56. The molecule has 1 aromatic heterocycles. The summed E-state index contributed by atoms with van der Waals surface area (Å²) in [5.74, 6) is 2.05. The monoisotopic (exact) mass is 191 g/mol. The van der Waals surface area contributed by atoms with Crippen molar-refractivity contribution in [1.29, 1.82) is 0 Å². The maximum atomic E-state index is 5.64. The molecule has 2 saturated carbocycles. The van der Waals surface area contributed by atoms with Gasteiger partial charge in [0.1, 0.15) is 5.82 Å². The van der Waals surface area contributed by atoms with Crippen LogP contribution in [0.5, 0.6) is 0 Å². The van der Waals surface area contributed by atoms with Crippen molar-refractivity contribution < 1.29 is 0 Å². The van der Waals surface area contributed by atoms with Gasteiger partial charge in [-0.2, -0.15) is 0 Å². The van der Waals surface area contributed by atoms with Gasteiger partial charge in [0, 0.05) is 24.7 Å². The molecule has 2 aliphatic rings. The number of nitrogens with zero attached hydrogens (tertiary/aromatic N) is 2. The zero-order chi connectivity index (χ0) is 9.54. The van der Waals surface area contributed by atoms with Crippen LogP contribution in [-0.2, 0) is 6.54 Å². The fourth-order valence-corrected chi connectivity index (χ4v) is 2.17. The molecule has 2 fully saturated rings. The zero-order valence-corrected chi connectivity index (χ0v) is 8.45. The van der Waals surface area contributed by atoms with Crippen molar-refractivity contribution in [1.82, 2.24) is 9.55 Å². The van der Waals surface area contributed by atoms with E-state index >= 15 is 0 Å². The predicted octanol–water partition coefficient (Wildman–Crippen LogP) is 1.94. The van der Waals surface area contributed by atoms with Gasteiger partial charge in [-0.3, -0.25) is 0 Å². The van der Waals surface area contributed by atoms with Crippen LogP contribution in [0, 0.1) is 0 Å². The molecule has 0 bridgehead atoms. The Hall–Kier alpha value is -0.830. The third kappa shape index (κ3) is 1.27. The molecule has 3 heteroatoms. The SMILES string of the molecule is NCc1cn(C2CC2)c(C2CCC2)n1. The molecular weight excluding hydrogens is 174 g/mol. The summed E-state index contributed by atoms with van der Waals surface area (Å²) in [4.78, 5) is 4.65. The fraction of sp³-hybridized carbons (Fsp3) is 0.727. The molecular formula is C11H17N3. The number of hydrogen-bond donors (Lipinski definition) is 1. The van der Waals surface area contributed by atoms with E-state index in [4.69, 9.17) is 5.73 Å². The number of nitrogens with two attached hydrogens (primary N) is 1. The summed E-state index contributed by atoms with van der Waals surface area (Å²) >= 11 is 0. The second kappa shape index (κ2) is 3.09. The summed E-state index contributed by atoms with van der Waals surface area (Å²) in [7, 11) is 0. The number of aromatic nitrogens is 2. The van der Waals surface area contributed by atoms with E-state index in [0.29, 0.717) is 6.54 Å². The third-order valence-corrected chi connectivity index (χ3v) is 3.43. The average Bonchev–Trinajstić information content (AvgIpc) is 2.86. The third-order valence-electron chi connectivity index (χ3n) is 3.43. The largest absolute Gasteiger partial charge is 0.331 e. The van der Waals surface area contributed by atoms with Gasteiger partial charge >= 0.3 is 0 Å². The molecule has 0 amide bonds. The Kier molecular flexibility index (Phi) is 1.87. The first kappa shape index (κ1) is 8.48.